The fourth-order valence-corrected chi connectivity index (χ4v) is 1.06. The minimum atomic E-state index is -0.443. The van der Waals surface area contributed by atoms with Gasteiger partial charge in [0.15, 0.2) is 0 Å². The number of amides is 1. The van der Waals surface area contributed by atoms with Crippen LogP contribution >= 0.6 is 0 Å². The topological polar surface area (TPSA) is 29.1 Å². The van der Waals surface area contributed by atoms with Crippen molar-refractivity contribution in [1.82, 2.24) is 5.32 Å². The first-order valence-electron chi connectivity index (χ1n) is 4.21. The van der Waals surface area contributed by atoms with Crippen molar-refractivity contribution in [3.8, 4) is 12.3 Å². The molecule has 1 rings (SSSR count). The van der Waals surface area contributed by atoms with E-state index in [0.717, 1.165) is 5.56 Å². The second-order valence-electron chi connectivity index (χ2n) is 2.78. The van der Waals surface area contributed by atoms with Gasteiger partial charge in [0.2, 0.25) is 0 Å². The van der Waals surface area contributed by atoms with E-state index in [1.165, 1.54) is 12.1 Å². The molecular weight excluding hydrogens is 181 g/mol. The molecule has 0 spiro atoms. The molecule has 3 heteroatoms. The first-order valence-corrected chi connectivity index (χ1v) is 4.21. The van der Waals surface area contributed by atoms with Crippen LogP contribution in [0.25, 0.3) is 0 Å². The Morgan fingerprint density at radius 3 is 3.00 bits per heavy atom. The van der Waals surface area contributed by atoms with Crippen LogP contribution in [0.5, 0.6) is 0 Å². The van der Waals surface area contributed by atoms with Crippen LogP contribution in [-0.4, -0.2) is 12.5 Å². The molecule has 0 saturated heterocycles. The number of hydrogen-bond donors (Lipinski definition) is 1. The van der Waals surface area contributed by atoms with Crippen LogP contribution in [0.4, 0.5) is 4.39 Å². The summed E-state index contributed by atoms with van der Waals surface area (Å²) in [6.45, 7) is 0.423. The monoisotopic (exact) mass is 191 g/mol. The summed E-state index contributed by atoms with van der Waals surface area (Å²) in [7, 11) is 0. The summed E-state index contributed by atoms with van der Waals surface area (Å²) in [6, 6.07) is 6.24. The SMILES string of the molecule is C#CC(=O)NCCc1cccc(F)c1. The molecule has 0 atom stereocenters. The van der Waals surface area contributed by atoms with Gasteiger partial charge in [-0.2, -0.15) is 0 Å². The number of benzene rings is 1. The fraction of sp³-hybridized carbons (Fsp3) is 0.182. The molecule has 0 fully saturated rings. The van der Waals surface area contributed by atoms with E-state index in [4.69, 9.17) is 6.42 Å². The summed E-state index contributed by atoms with van der Waals surface area (Å²) in [5.41, 5.74) is 0.835. The molecule has 14 heavy (non-hydrogen) atoms. The molecule has 1 aromatic rings. The first-order chi connectivity index (χ1) is 6.72. The highest BCUT2D eigenvalue weighted by Crippen LogP contribution is 2.03. The van der Waals surface area contributed by atoms with Crippen LogP contribution in [0.2, 0.25) is 0 Å². The first kappa shape index (κ1) is 10.3. The van der Waals surface area contributed by atoms with Gasteiger partial charge in [0.1, 0.15) is 5.82 Å². The molecule has 0 aliphatic heterocycles. The number of halogens is 1. The van der Waals surface area contributed by atoms with E-state index >= 15 is 0 Å². The van der Waals surface area contributed by atoms with Crippen LogP contribution in [0.1, 0.15) is 5.56 Å². The van der Waals surface area contributed by atoms with Gasteiger partial charge >= 0.3 is 0 Å². The largest absolute Gasteiger partial charge is 0.345 e. The molecule has 0 bridgehead atoms. The average molecular weight is 191 g/mol. The molecule has 0 unspecified atom stereocenters. The van der Waals surface area contributed by atoms with Crippen LogP contribution in [0.15, 0.2) is 24.3 Å². The molecule has 1 amide bonds. The second kappa shape index (κ2) is 5.03. The predicted octanol–water partition coefficient (Wildman–Crippen LogP) is 1.12. The van der Waals surface area contributed by atoms with E-state index in [1.807, 2.05) is 5.92 Å². The van der Waals surface area contributed by atoms with Gasteiger partial charge in [-0.15, -0.1) is 6.42 Å². The summed E-state index contributed by atoms with van der Waals surface area (Å²) in [6.07, 6.45) is 5.43. The number of terminal acetylenes is 1. The summed E-state index contributed by atoms with van der Waals surface area (Å²) in [4.78, 5) is 10.6. The zero-order chi connectivity index (χ0) is 10.4. The van der Waals surface area contributed by atoms with E-state index in [2.05, 4.69) is 5.32 Å². The van der Waals surface area contributed by atoms with Crippen molar-refractivity contribution < 1.29 is 9.18 Å². The maximum atomic E-state index is 12.7. The number of carbonyl (C=O) groups is 1. The van der Waals surface area contributed by atoms with Crippen molar-refractivity contribution in [2.45, 2.75) is 6.42 Å². The minimum absolute atomic E-state index is 0.272. The zero-order valence-corrected chi connectivity index (χ0v) is 7.59. The summed E-state index contributed by atoms with van der Waals surface area (Å²) in [5, 5.41) is 2.50. The Hall–Kier alpha value is -1.82. The lowest BCUT2D eigenvalue weighted by atomic mass is 10.1. The molecular formula is C11H10FNO. The smallest absolute Gasteiger partial charge is 0.295 e. The second-order valence-corrected chi connectivity index (χ2v) is 2.78. The van der Waals surface area contributed by atoms with Crippen molar-refractivity contribution in [2.75, 3.05) is 6.54 Å². The summed E-state index contributed by atoms with van der Waals surface area (Å²) in [5.74, 6) is 1.22. The van der Waals surface area contributed by atoms with E-state index in [9.17, 15) is 9.18 Å². The summed E-state index contributed by atoms with van der Waals surface area (Å²) < 4.78 is 12.7. The Morgan fingerprint density at radius 2 is 2.36 bits per heavy atom. The minimum Gasteiger partial charge on any atom is -0.345 e. The van der Waals surface area contributed by atoms with Gasteiger partial charge in [-0.25, -0.2) is 4.39 Å². The van der Waals surface area contributed by atoms with Crippen LogP contribution < -0.4 is 5.32 Å². The highest BCUT2D eigenvalue weighted by Gasteiger charge is 1.96. The maximum absolute atomic E-state index is 12.7. The standard InChI is InChI=1S/C11H10FNO/c1-2-11(14)13-7-6-9-4-3-5-10(12)8-9/h1,3-5,8H,6-7H2,(H,13,14). The number of nitrogens with one attached hydrogen (secondary N) is 1. The van der Waals surface area contributed by atoms with Gasteiger partial charge < -0.3 is 5.32 Å². The van der Waals surface area contributed by atoms with Gasteiger partial charge in [-0.05, 0) is 30.0 Å². The number of rotatable bonds is 3. The molecule has 2 nitrogen and oxygen atoms in total. The lowest BCUT2D eigenvalue weighted by Gasteiger charge is -2.01. The highest BCUT2D eigenvalue weighted by atomic mass is 19.1. The third-order valence-corrected chi connectivity index (χ3v) is 1.72. The summed E-state index contributed by atoms with van der Waals surface area (Å²) >= 11 is 0. The van der Waals surface area contributed by atoms with Gasteiger partial charge in [0, 0.05) is 6.54 Å². The average Bonchev–Trinajstić information content (AvgIpc) is 2.17. The van der Waals surface area contributed by atoms with Gasteiger partial charge in [-0.1, -0.05) is 12.1 Å². The van der Waals surface area contributed by atoms with Gasteiger partial charge in [0.25, 0.3) is 5.91 Å². The molecule has 0 heterocycles. The zero-order valence-electron chi connectivity index (χ0n) is 7.59. The van der Waals surface area contributed by atoms with Crippen molar-refractivity contribution in [1.29, 1.82) is 0 Å². The molecule has 0 aliphatic carbocycles. The molecule has 0 radical (unpaired) electrons. The Kier molecular flexibility index (Phi) is 3.69. The number of carbonyl (C=O) groups excluding carboxylic acids is 1. The van der Waals surface area contributed by atoms with Gasteiger partial charge in [-0.3, -0.25) is 4.79 Å². The van der Waals surface area contributed by atoms with Crippen molar-refractivity contribution in [3.63, 3.8) is 0 Å². The van der Waals surface area contributed by atoms with Crippen molar-refractivity contribution in [3.05, 3.63) is 35.6 Å². The van der Waals surface area contributed by atoms with Gasteiger partial charge in [0.05, 0.1) is 0 Å². The lowest BCUT2D eigenvalue weighted by molar-refractivity contribution is -0.115. The number of hydrogen-bond acceptors (Lipinski definition) is 1. The molecule has 0 aromatic heterocycles. The highest BCUT2D eigenvalue weighted by molar-refractivity contribution is 5.92. The van der Waals surface area contributed by atoms with Crippen LogP contribution in [0.3, 0.4) is 0 Å². The third kappa shape index (κ3) is 3.28. The van der Waals surface area contributed by atoms with Crippen LogP contribution in [-0.2, 0) is 11.2 Å². The molecule has 0 aliphatic rings. The lowest BCUT2D eigenvalue weighted by Crippen LogP contribution is -2.23. The Morgan fingerprint density at radius 1 is 1.57 bits per heavy atom. The van der Waals surface area contributed by atoms with Crippen molar-refractivity contribution in [2.24, 2.45) is 0 Å². The third-order valence-electron chi connectivity index (χ3n) is 1.72. The quantitative estimate of drug-likeness (QED) is 0.713. The Balaban J connectivity index is 2.39. The molecule has 0 saturated carbocycles. The van der Waals surface area contributed by atoms with Crippen LogP contribution in [0, 0.1) is 18.2 Å². The molecule has 1 N–H and O–H groups in total. The molecule has 1 aromatic carbocycles. The van der Waals surface area contributed by atoms with E-state index in [0.29, 0.717) is 13.0 Å². The fourth-order valence-electron chi connectivity index (χ4n) is 1.06. The van der Waals surface area contributed by atoms with E-state index < -0.39 is 5.91 Å². The molecule has 72 valence electrons. The van der Waals surface area contributed by atoms with E-state index in [1.54, 1.807) is 12.1 Å². The Labute approximate surface area is 82.1 Å². The van der Waals surface area contributed by atoms with E-state index in [-0.39, 0.29) is 5.82 Å². The predicted molar refractivity (Wildman–Crippen MR) is 51.9 cm³/mol. The maximum Gasteiger partial charge on any atom is 0.295 e. The van der Waals surface area contributed by atoms with Crippen molar-refractivity contribution >= 4 is 5.91 Å². The normalized spacial score (nSPS) is 9.14. The Bertz CT molecular complexity index is 368.